The lowest BCUT2D eigenvalue weighted by Gasteiger charge is -2.25. The molecule has 1 aliphatic rings. The maximum absolute atomic E-state index is 11.6. The lowest BCUT2D eigenvalue weighted by atomic mass is 10.0. The molecule has 1 heterocycles. The minimum absolute atomic E-state index is 0.0287. The van der Waals surface area contributed by atoms with E-state index in [0.29, 0.717) is 19.4 Å². The summed E-state index contributed by atoms with van der Waals surface area (Å²) in [7, 11) is 0. The zero-order valence-corrected chi connectivity index (χ0v) is 10.5. The van der Waals surface area contributed by atoms with Crippen molar-refractivity contribution in [3.63, 3.8) is 0 Å². The fraction of sp³-hybridized carbons (Fsp3) is 0.727. The average molecular weight is 257 g/mol. The van der Waals surface area contributed by atoms with E-state index in [2.05, 4.69) is 16.0 Å². The van der Waals surface area contributed by atoms with Crippen molar-refractivity contribution >= 4 is 17.9 Å². The molecule has 0 spiro atoms. The Balaban J connectivity index is 2.41. The second-order valence-corrected chi connectivity index (χ2v) is 4.72. The number of nitrogens with one attached hydrogen (secondary N) is 3. The Hall–Kier alpha value is -1.79. The molecule has 102 valence electrons. The lowest BCUT2D eigenvalue weighted by Crippen LogP contribution is -2.54. The third-order valence-corrected chi connectivity index (χ3v) is 2.82. The van der Waals surface area contributed by atoms with Crippen LogP contribution in [0.4, 0.5) is 4.79 Å². The molecular weight excluding hydrogens is 238 g/mol. The van der Waals surface area contributed by atoms with Gasteiger partial charge in [0.1, 0.15) is 6.04 Å². The van der Waals surface area contributed by atoms with Crippen LogP contribution in [0, 0.1) is 5.92 Å². The molecule has 0 bridgehead atoms. The minimum atomic E-state index is -1.06. The zero-order valence-electron chi connectivity index (χ0n) is 10.5. The predicted octanol–water partition coefficient (Wildman–Crippen LogP) is -0.327. The number of carboxylic acid groups (broad SMARTS) is 1. The van der Waals surface area contributed by atoms with Gasteiger partial charge < -0.3 is 21.1 Å². The number of piperidine rings is 1. The van der Waals surface area contributed by atoms with Crippen molar-refractivity contribution in [1.82, 2.24) is 16.0 Å². The summed E-state index contributed by atoms with van der Waals surface area (Å²) >= 11 is 0. The first kappa shape index (κ1) is 14.3. The van der Waals surface area contributed by atoms with Crippen LogP contribution in [0.1, 0.15) is 26.7 Å². The van der Waals surface area contributed by atoms with Gasteiger partial charge in [-0.05, 0) is 12.3 Å². The highest BCUT2D eigenvalue weighted by Gasteiger charge is 2.25. The molecule has 0 aromatic rings. The first-order valence-electron chi connectivity index (χ1n) is 5.96. The molecule has 1 rings (SSSR count). The topological polar surface area (TPSA) is 108 Å². The summed E-state index contributed by atoms with van der Waals surface area (Å²) in [5.74, 6) is -1.28. The van der Waals surface area contributed by atoms with Gasteiger partial charge in [0, 0.05) is 19.0 Å². The fourth-order valence-electron chi connectivity index (χ4n) is 1.74. The van der Waals surface area contributed by atoms with Gasteiger partial charge in [0.2, 0.25) is 5.91 Å². The number of amides is 3. The molecular formula is C11H19N3O4. The molecule has 0 saturated carbocycles. The molecule has 18 heavy (non-hydrogen) atoms. The van der Waals surface area contributed by atoms with Crippen LogP contribution in [0.2, 0.25) is 0 Å². The van der Waals surface area contributed by atoms with E-state index in [1.165, 1.54) is 0 Å². The molecule has 0 aliphatic carbocycles. The van der Waals surface area contributed by atoms with Gasteiger partial charge in [-0.2, -0.15) is 0 Å². The van der Waals surface area contributed by atoms with Gasteiger partial charge in [0.15, 0.2) is 0 Å². The molecule has 0 radical (unpaired) electrons. The first-order chi connectivity index (χ1) is 8.40. The van der Waals surface area contributed by atoms with Crippen molar-refractivity contribution < 1.29 is 19.5 Å². The Kier molecular flexibility index (Phi) is 4.94. The van der Waals surface area contributed by atoms with E-state index in [4.69, 9.17) is 5.11 Å². The van der Waals surface area contributed by atoms with Gasteiger partial charge in [-0.3, -0.25) is 4.79 Å². The Morgan fingerprint density at radius 2 is 2.11 bits per heavy atom. The van der Waals surface area contributed by atoms with Gasteiger partial charge in [0.05, 0.1) is 0 Å². The predicted molar refractivity (Wildman–Crippen MR) is 64.0 cm³/mol. The van der Waals surface area contributed by atoms with Crippen LogP contribution < -0.4 is 16.0 Å². The maximum Gasteiger partial charge on any atom is 0.326 e. The van der Waals surface area contributed by atoms with Crippen LogP contribution in [0.15, 0.2) is 0 Å². The minimum Gasteiger partial charge on any atom is -0.480 e. The van der Waals surface area contributed by atoms with E-state index in [9.17, 15) is 14.4 Å². The Labute approximate surface area is 105 Å². The Morgan fingerprint density at radius 1 is 1.44 bits per heavy atom. The molecule has 3 amide bonds. The van der Waals surface area contributed by atoms with Crippen molar-refractivity contribution in [2.24, 2.45) is 5.92 Å². The molecule has 7 heteroatoms. The quantitative estimate of drug-likeness (QED) is 0.553. The number of carbonyl (C=O) groups is 3. The van der Waals surface area contributed by atoms with Crippen LogP contribution in [-0.2, 0) is 9.59 Å². The Bertz CT molecular complexity index is 333. The van der Waals surface area contributed by atoms with Crippen molar-refractivity contribution in [3.8, 4) is 0 Å². The number of hydrogen-bond donors (Lipinski definition) is 4. The number of carboxylic acids is 1. The van der Waals surface area contributed by atoms with Gasteiger partial charge in [-0.1, -0.05) is 13.8 Å². The number of rotatable bonds is 4. The molecule has 1 aliphatic heterocycles. The molecule has 0 aromatic carbocycles. The monoisotopic (exact) mass is 257 g/mol. The van der Waals surface area contributed by atoms with E-state index in [-0.39, 0.29) is 17.9 Å². The molecule has 1 saturated heterocycles. The first-order valence-corrected chi connectivity index (χ1v) is 5.96. The highest BCUT2D eigenvalue weighted by Crippen LogP contribution is 2.04. The summed E-state index contributed by atoms with van der Waals surface area (Å²) in [6.45, 7) is 3.82. The van der Waals surface area contributed by atoms with Crippen LogP contribution >= 0.6 is 0 Å². The van der Waals surface area contributed by atoms with E-state index < -0.39 is 18.0 Å². The summed E-state index contributed by atoms with van der Waals surface area (Å²) < 4.78 is 0. The summed E-state index contributed by atoms with van der Waals surface area (Å²) in [5, 5.41) is 16.6. The number of urea groups is 1. The van der Waals surface area contributed by atoms with Crippen molar-refractivity contribution in [2.75, 3.05) is 6.54 Å². The standard InChI is InChI=1S/C11H19N3O4/c1-6(2)9(10(16)17)14-11(18)13-7-3-4-8(15)12-5-7/h6-7,9H,3-5H2,1-2H3,(H,12,15)(H,16,17)(H2,13,14,18). The summed E-state index contributed by atoms with van der Waals surface area (Å²) in [5.41, 5.74) is 0. The number of carbonyl (C=O) groups excluding carboxylic acids is 2. The highest BCUT2D eigenvalue weighted by atomic mass is 16.4. The normalized spacial score (nSPS) is 21.1. The number of aliphatic carboxylic acids is 1. The number of hydrogen-bond acceptors (Lipinski definition) is 3. The SMILES string of the molecule is CC(C)C(NC(=O)NC1CCC(=O)NC1)C(=O)O. The summed E-state index contributed by atoms with van der Waals surface area (Å²) in [6, 6.07) is -1.58. The van der Waals surface area contributed by atoms with Crippen molar-refractivity contribution in [2.45, 2.75) is 38.8 Å². The second-order valence-electron chi connectivity index (χ2n) is 4.72. The van der Waals surface area contributed by atoms with Crippen molar-refractivity contribution in [3.05, 3.63) is 0 Å². The third-order valence-electron chi connectivity index (χ3n) is 2.82. The van der Waals surface area contributed by atoms with Gasteiger partial charge in [0.25, 0.3) is 0 Å². The van der Waals surface area contributed by atoms with Crippen LogP contribution in [0.5, 0.6) is 0 Å². The fourth-order valence-corrected chi connectivity index (χ4v) is 1.74. The van der Waals surface area contributed by atoms with E-state index in [1.807, 2.05) is 0 Å². The second kappa shape index (κ2) is 6.23. The third kappa shape index (κ3) is 4.23. The van der Waals surface area contributed by atoms with Gasteiger partial charge >= 0.3 is 12.0 Å². The van der Waals surface area contributed by atoms with Crippen LogP contribution in [0.3, 0.4) is 0 Å². The van der Waals surface area contributed by atoms with Crippen LogP contribution in [0.25, 0.3) is 0 Å². The Morgan fingerprint density at radius 3 is 2.56 bits per heavy atom. The van der Waals surface area contributed by atoms with Gasteiger partial charge in [-0.15, -0.1) is 0 Å². The van der Waals surface area contributed by atoms with E-state index in [1.54, 1.807) is 13.8 Å². The van der Waals surface area contributed by atoms with E-state index in [0.717, 1.165) is 0 Å². The highest BCUT2D eigenvalue weighted by molar-refractivity contribution is 5.83. The summed E-state index contributed by atoms with van der Waals surface area (Å²) in [6.07, 6.45) is 0.941. The molecule has 2 atom stereocenters. The lowest BCUT2D eigenvalue weighted by molar-refractivity contribution is -0.140. The molecule has 2 unspecified atom stereocenters. The average Bonchev–Trinajstić information content (AvgIpc) is 2.28. The van der Waals surface area contributed by atoms with Gasteiger partial charge in [-0.25, -0.2) is 9.59 Å². The summed E-state index contributed by atoms with van der Waals surface area (Å²) in [4.78, 5) is 33.5. The molecule has 7 nitrogen and oxygen atoms in total. The smallest absolute Gasteiger partial charge is 0.326 e. The van der Waals surface area contributed by atoms with Crippen molar-refractivity contribution in [1.29, 1.82) is 0 Å². The largest absolute Gasteiger partial charge is 0.480 e. The van der Waals surface area contributed by atoms with Crippen LogP contribution in [-0.4, -0.2) is 41.6 Å². The molecule has 0 aromatic heterocycles. The maximum atomic E-state index is 11.6. The molecule has 1 fully saturated rings. The molecule has 4 N–H and O–H groups in total. The van der Waals surface area contributed by atoms with E-state index >= 15 is 0 Å². The zero-order chi connectivity index (χ0) is 13.7.